The summed E-state index contributed by atoms with van der Waals surface area (Å²) in [6.07, 6.45) is 0. The molecule has 0 radical (unpaired) electrons. The summed E-state index contributed by atoms with van der Waals surface area (Å²) in [6.45, 7) is 3.72. The smallest absolute Gasteiger partial charge is 0.262 e. The van der Waals surface area contributed by atoms with Crippen molar-refractivity contribution in [3.63, 3.8) is 0 Å². The van der Waals surface area contributed by atoms with Crippen molar-refractivity contribution in [1.29, 1.82) is 0 Å². The molecule has 0 amide bonds. The quantitative estimate of drug-likeness (QED) is 0.717. The molecular formula is C8H12N2O3. The first-order valence-electron chi connectivity index (χ1n) is 3.90. The molecule has 0 bridgehead atoms. The Morgan fingerprint density at radius 1 is 1.15 bits per heavy atom. The van der Waals surface area contributed by atoms with Crippen LogP contribution < -0.4 is 4.74 Å². The minimum Gasteiger partial charge on any atom is -0.490 e. The predicted octanol–water partition coefficient (Wildman–Crippen LogP) is 1.02. The van der Waals surface area contributed by atoms with Crippen LogP contribution >= 0.6 is 0 Å². The topological polar surface area (TPSA) is 75.5 Å². The standard InChI is InChI=1S/C8H12N2O3/c1-4(2)6-9-7(11)5(13-3)8(12)10-6/h4H,1-3H3,(H2,9,10,11,12). The van der Waals surface area contributed by atoms with Gasteiger partial charge in [0, 0.05) is 5.92 Å². The fourth-order valence-electron chi connectivity index (χ4n) is 0.884. The Hall–Kier alpha value is -1.52. The van der Waals surface area contributed by atoms with Crippen molar-refractivity contribution in [2.45, 2.75) is 19.8 Å². The van der Waals surface area contributed by atoms with Crippen molar-refractivity contribution in [1.82, 2.24) is 9.97 Å². The zero-order chi connectivity index (χ0) is 10.0. The molecule has 0 saturated heterocycles. The van der Waals surface area contributed by atoms with Gasteiger partial charge in [-0.25, -0.2) is 0 Å². The molecule has 0 aromatic carbocycles. The molecule has 0 aliphatic heterocycles. The van der Waals surface area contributed by atoms with Gasteiger partial charge in [0.1, 0.15) is 5.82 Å². The monoisotopic (exact) mass is 184 g/mol. The highest BCUT2D eigenvalue weighted by molar-refractivity contribution is 5.41. The van der Waals surface area contributed by atoms with Gasteiger partial charge >= 0.3 is 0 Å². The summed E-state index contributed by atoms with van der Waals surface area (Å²) in [5.41, 5.74) is 0. The van der Waals surface area contributed by atoms with Crippen molar-refractivity contribution < 1.29 is 14.9 Å². The zero-order valence-corrected chi connectivity index (χ0v) is 7.77. The Kier molecular flexibility index (Phi) is 2.55. The maximum Gasteiger partial charge on any atom is 0.262 e. The molecule has 0 aliphatic carbocycles. The van der Waals surface area contributed by atoms with E-state index in [-0.39, 0.29) is 23.4 Å². The summed E-state index contributed by atoms with van der Waals surface area (Å²) in [5.74, 6) is -0.333. The number of nitrogens with zero attached hydrogens (tertiary/aromatic N) is 2. The van der Waals surface area contributed by atoms with Crippen LogP contribution in [0, 0.1) is 0 Å². The number of ether oxygens (including phenoxy) is 1. The third kappa shape index (κ3) is 1.80. The van der Waals surface area contributed by atoms with Crippen molar-refractivity contribution in [3.05, 3.63) is 5.82 Å². The molecule has 1 rings (SSSR count). The molecule has 0 saturated carbocycles. The number of methoxy groups -OCH3 is 1. The molecule has 2 N–H and O–H groups in total. The van der Waals surface area contributed by atoms with Gasteiger partial charge in [-0.1, -0.05) is 13.8 Å². The Labute approximate surface area is 76.0 Å². The SMILES string of the molecule is COc1c(O)nc(C(C)C)nc1O. The molecule has 0 unspecified atom stereocenters. The molecule has 13 heavy (non-hydrogen) atoms. The van der Waals surface area contributed by atoms with Crippen molar-refractivity contribution >= 4 is 0 Å². The molecule has 72 valence electrons. The van der Waals surface area contributed by atoms with E-state index in [1.54, 1.807) is 0 Å². The van der Waals surface area contributed by atoms with Crippen LogP contribution in [-0.4, -0.2) is 27.3 Å². The summed E-state index contributed by atoms with van der Waals surface area (Å²) in [4.78, 5) is 7.53. The second-order valence-corrected chi connectivity index (χ2v) is 2.92. The highest BCUT2D eigenvalue weighted by atomic mass is 16.5. The van der Waals surface area contributed by atoms with E-state index in [1.807, 2.05) is 13.8 Å². The van der Waals surface area contributed by atoms with Crippen LogP contribution in [0.4, 0.5) is 0 Å². The van der Waals surface area contributed by atoms with Gasteiger partial charge in [0.05, 0.1) is 7.11 Å². The number of aromatic hydroxyl groups is 2. The minimum absolute atomic E-state index is 0.0442. The third-order valence-corrected chi connectivity index (χ3v) is 1.57. The van der Waals surface area contributed by atoms with Gasteiger partial charge in [-0.05, 0) is 0 Å². The highest BCUT2D eigenvalue weighted by Crippen LogP contribution is 2.32. The van der Waals surface area contributed by atoms with Gasteiger partial charge in [0.15, 0.2) is 0 Å². The minimum atomic E-state index is -0.335. The summed E-state index contributed by atoms with van der Waals surface area (Å²) < 4.78 is 4.69. The van der Waals surface area contributed by atoms with Crippen LogP contribution in [0.25, 0.3) is 0 Å². The highest BCUT2D eigenvalue weighted by Gasteiger charge is 2.14. The predicted molar refractivity (Wildman–Crippen MR) is 46.0 cm³/mol. The first-order valence-corrected chi connectivity index (χ1v) is 3.90. The van der Waals surface area contributed by atoms with Crippen LogP contribution in [0.15, 0.2) is 0 Å². The van der Waals surface area contributed by atoms with Gasteiger partial charge < -0.3 is 14.9 Å². The van der Waals surface area contributed by atoms with Gasteiger partial charge in [-0.3, -0.25) is 0 Å². The largest absolute Gasteiger partial charge is 0.490 e. The first-order chi connectivity index (χ1) is 6.06. The maximum absolute atomic E-state index is 9.28. The second kappa shape index (κ2) is 3.47. The Bertz CT molecular complexity index is 289. The Morgan fingerprint density at radius 3 is 1.92 bits per heavy atom. The van der Waals surface area contributed by atoms with Crippen LogP contribution in [0.3, 0.4) is 0 Å². The second-order valence-electron chi connectivity index (χ2n) is 2.92. The van der Waals surface area contributed by atoms with E-state index in [2.05, 4.69) is 14.7 Å². The van der Waals surface area contributed by atoms with Crippen molar-refractivity contribution in [2.24, 2.45) is 0 Å². The molecule has 0 fully saturated rings. The Morgan fingerprint density at radius 2 is 1.62 bits per heavy atom. The number of aromatic nitrogens is 2. The van der Waals surface area contributed by atoms with Crippen molar-refractivity contribution in [2.75, 3.05) is 7.11 Å². The maximum atomic E-state index is 9.28. The van der Waals surface area contributed by atoms with Crippen LogP contribution in [0.5, 0.6) is 17.5 Å². The van der Waals surface area contributed by atoms with E-state index in [0.717, 1.165) is 0 Å². The average molecular weight is 184 g/mol. The summed E-state index contributed by atoms with van der Waals surface area (Å²) >= 11 is 0. The molecule has 0 atom stereocenters. The summed E-state index contributed by atoms with van der Waals surface area (Å²) in [6, 6.07) is 0. The van der Waals surface area contributed by atoms with Crippen molar-refractivity contribution in [3.8, 4) is 17.5 Å². The van der Waals surface area contributed by atoms with Gasteiger partial charge in [0.2, 0.25) is 5.75 Å². The van der Waals surface area contributed by atoms with Crippen LogP contribution in [-0.2, 0) is 0 Å². The van der Waals surface area contributed by atoms with E-state index in [4.69, 9.17) is 0 Å². The summed E-state index contributed by atoms with van der Waals surface area (Å²) in [5, 5.41) is 18.6. The fraction of sp³-hybridized carbons (Fsp3) is 0.500. The van der Waals surface area contributed by atoms with E-state index in [9.17, 15) is 10.2 Å². The molecule has 1 aromatic rings. The first kappa shape index (κ1) is 9.57. The van der Waals surface area contributed by atoms with Gasteiger partial charge in [-0.2, -0.15) is 9.97 Å². The Balaban J connectivity index is 3.20. The molecule has 1 heterocycles. The fourth-order valence-corrected chi connectivity index (χ4v) is 0.884. The lowest BCUT2D eigenvalue weighted by molar-refractivity contribution is 0.324. The lowest BCUT2D eigenvalue weighted by Gasteiger charge is -2.07. The van der Waals surface area contributed by atoms with E-state index >= 15 is 0 Å². The molecule has 0 aliphatic rings. The third-order valence-electron chi connectivity index (χ3n) is 1.57. The average Bonchev–Trinajstić information content (AvgIpc) is 2.03. The van der Waals surface area contributed by atoms with Crippen LogP contribution in [0.1, 0.15) is 25.6 Å². The molecule has 0 spiro atoms. The number of rotatable bonds is 2. The van der Waals surface area contributed by atoms with Gasteiger partial charge in [0.25, 0.3) is 11.8 Å². The lowest BCUT2D eigenvalue weighted by Crippen LogP contribution is -1.99. The van der Waals surface area contributed by atoms with Gasteiger partial charge in [-0.15, -0.1) is 0 Å². The summed E-state index contributed by atoms with van der Waals surface area (Å²) in [7, 11) is 1.33. The molecule has 5 nitrogen and oxygen atoms in total. The van der Waals surface area contributed by atoms with E-state index < -0.39 is 0 Å². The van der Waals surface area contributed by atoms with E-state index in [0.29, 0.717) is 5.82 Å². The number of hydrogen-bond donors (Lipinski definition) is 2. The molecule has 1 aromatic heterocycles. The molecular weight excluding hydrogens is 172 g/mol. The van der Waals surface area contributed by atoms with Crippen LogP contribution in [0.2, 0.25) is 0 Å². The molecule has 5 heteroatoms. The normalized spacial score (nSPS) is 10.5. The lowest BCUT2D eigenvalue weighted by atomic mass is 10.2. The zero-order valence-electron chi connectivity index (χ0n) is 7.77. The number of hydrogen-bond acceptors (Lipinski definition) is 5. The van der Waals surface area contributed by atoms with E-state index in [1.165, 1.54) is 7.11 Å².